The molecule has 0 spiro atoms. The fraction of sp³-hybridized carbons (Fsp3) is 0.600. The van der Waals surface area contributed by atoms with Gasteiger partial charge in [-0.1, -0.05) is 18.5 Å². The Bertz CT molecular complexity index is 536. The lowest BCUT2D eigenvalue weighted by Crippen LogP contribution is -2.38. The molecule has 1 aliphatic rings. The molecule has 0 N–H and O–H groups in total. The van der Waals surface area contributed by atoms with Crippen LogP contribution in [-0.2, 0) is 0 Å². The molecule has 1 aromatic heterocycles. The Hall–Kier alpha value is -1.34. The van der Waals surface area contributed by atoms with Crippen LogP contribution in [0.25, 0.3) is 0 Å². The molecule has 128 valence electrons. The summed E-state index contributed by atoms with van der Waals surface area (Å²) < 4.78 is 37.5. The SMILES string of the molecule is CCN(C[C@@H]1CCN(C(=O)c2ccc(Cl)cn2)C1)CC(F)(F)F. The zero-order valence-electron chi connectivity index (χ0n) is 12.8. The van der Waals surface area contributed by atoms with Gasteiger partial charge in [0.15, 0.2) is 0 Å². The summed E-state index contributed by atoms with van der Waals surface area (Å²) in [5.74, 6) is -0.156. The molecule has 0 aliphatic carbocycles. The van der Waals surface area contributed by atoms with Gasteiger partial charge >= 0.3 is 6.18 Å². The summed E-state index contributed by atoms with van der Waals surface area (Å²) in [5, 5.41) is 0.451. The van der Waals surface area contributed by atoms with Crippen LogP contribution in [0.5, 0.6) is 0 Å². The second kappa shape index (κ2) is 7.49. The van der Waals surface area contributed by atoms with Crippen LogP contribution in [0.3, 0.4) is 0 Å². The first-order valence-electron chi connectivity index (χ1n) is 7.48. The number of nitrogens with zero attached hydrogens (tertiary/aromatic N) is 3. The molecule has 1 aromatic rings. The van der Waals surface area contributed by atoms with Crippen LogP contribution in [0.1, 0.15) is 23.8 Å². The second-order valence-corrected chi connectivity index (χ2v) is 6.15. The van der Waals surface area contributed by atoms with E-state index in [0.717, 1.165) is 0 Å². The highest BCUT2D eigenvalue weighted by Gasteiger charge is 2.33. The summed E-state index contributed by atoms with van der Waals surface area (Å²) in [4.78, 5) is 19.3. The van der Waals surface area contributed by atoms with Gasteiger partial charge in [-0.25, -0.2) is 4.98 Å². The van der Waals surface area contributed by atoms with Gasteiger partial charge < -0.3 is 4.90 Å². The molecule has 0 unspecified atom stereocenters. The maximum absolute atomic E-state index is 12.5. The van der Waals surface area contributed by atoms with E-state index in [4.69, 9.17) is 11.6 Å². The quantitative estimate of drug-likeness (QED) is 0.819. The molecule has 1 atom stereocenters. The molecular formula is C15H19ClF3N3O. The van der Waals surface area contributed by atoms with Gasteiger partial charge in [-0.2, -0.15) is 13.2 Å². The van der Waals surface area contributed by atoms with E-state index in [2.05, 4.69) is 4.98 Å². The van der Waals surface area contributed by atoms with Crippen LogP contribution >= 0.6 is 11.6 Å². The van der Waals surface area contributed by atoms with Crippen molar-refractivity contribution in [2.75, 3.05) is 32.7 Å². The third-order valence-electron chi connectivity index (χ3n) is 3.89. The Morgan fingerprint density at radius 1 is 1.48 bits per heavy atom. The van der Waals surface area contributed by atoms with E-state index in [9.17, 15) is 18.0 Å². The number of hydrogen-bond acceptors (Lipinski definition) is 3. The average molecular weight is 350 g/mol. The standard InChI is InChI=1S/C15H19ClF3N3O/c1-2-21(10-15(17,18)19)8-11-5-6-22(9-11)14(23)13-4-3-12(16)7-20-13/h3-4,7,11H,2,5-6,8-10H2,1H3/t11-/m0/s1. The number of rotatable bonds is 5. The lowest BCUT2D eigenvalue weighted by atomic mass is 10.1. The van der Waals surface area contributed by atoms with Crippen LogP contribution in [0.2, 0.25) is 5.02 Å². The van der Waals surface area contributed by atoms with Crippen LogP contribution < -0.4 is 0 Å². The van der Waals surface area contributed by atoms with E-state index in [0.29, 0.717) is 43.3 Å². The number of carbonyl (C=O) groups excluding carboxylic acids is 1. The van der Waals surface area contributed by atoms with Crippen molar-refractivity contribution in [2.45, 2.75) is 19.5 Å². The van der Waals surface area contributed by atoms with Crippen molar-refractivity contribution in [1.82, 2.24) is 14.8 Å². The van der Waals surface area contributed by atoms with Crippen molar-refractivity contribution < 1.29 is 18.0 Å². The summed E-state index contributed by atoms with van der Waals surface area (Å²) in [7, 11) is 0. The van der Waals surface area contributed by atoms with Gasteiger partial charge in [-0.05, 0) is 31.0 Å². The summed E-state index contributed by atoms with van der Waals surface area (Å²) in [6.07, 6.45) is -2.09. The Kier molecular flexibility index (Phi) is 5.86. The first-order chi connectivity index (χ1) is 10.8. The Morgan fingerprint density at radius 2 is 2.22 bits per heavy atom. The van der Waals surface area contributed by atoms with E-state index in [1.165, 1.54) is 11.1 Å². The molecule has 2 rings (SSSR count). The van der Waals surface area contributed by atoms with E-state index >= 15 is 0 Å². The molecule has 0 radical (unpaired) electrons. The van der Waals surface area contributed by atoms with Crippen LogP contribution in [0, 0.1) is 5.92 Å². The van der Waals surface area contributed by atoms with Gasteiger partial charge in [0.25, 0.3) is 5.91 Å². The zero-order chi connectivity index (χ0) is 17.0. The van der Waals surface area contributed by atoms with Gasteiger partial charge in [0.05, 0.1) is 11.6 Å². The van der Waals surface area contributed by atoms with E-state index in [1.807, 2.05) is 0 Å². The molecule has 4 nitrogen and oxygen atoms in total. The number of likely N-dealkylation sites (tertiary alicyclic amines) is 1. The Labute approximate surface area is 138 Å². The topological polar surface area (TPSA) is 36.4 Å². The fourth-order valence-electron chi connectivity index (χ4n) is 2.75. The van der Waals surface area contributed by atoms with E-state index in [1.54, 1.807) is 24.0 Å². The third kappa shape index (κ3) is 5.35. The number of alkyl halides is 3. The van der Waals surface area contributed by atoms with Crippen molar-refractivity contribution in [3.8, 4) is 0 Å². The summed E-state index contributed by atoms with van der Waals surface area (Å²) >= 11 is 5.74. The van der Waals surface area contributed by atoms with Crippen molar-refractivity contribution >= 4 is 17.5 Å². The molecule has 1 aliphatic heterocycles. The minimum absolute atomic E-state index is 0.0496. The van der Waals surface area contributed by atoms with Crippen molar-refractivity contribution in [1.29, 1.82) is 0 Å². The molecule has 1 saturated heterocycles. The molecule has 8 heteroatoms. The van der Waals surface area contributed by atoms with Crippen molar-refractivity contribution in [3.63, 3.8) is 0 Å². The highest BCUT2D eigenvalue weighted by molar-refractivity contribution is 6.30. The van der Waals surface area contributed by atoms with Crippen LogP contribution in [0.15, 0.2) is 18.3 Å². The number of hydrogen-bond donors (Lipinski definition) is 0. The predicted molar refractivity (Wildman–Crippen MR) is 81.4 cm³/mol. The molecule has 0 saturated carbocycles. The Morgan fingerprint density at radius 3 is 2.78 bits per heavy atom. The number of pyridine rings is 1. The largest absolute Gasteiger partial charge is 0.401 e. The molecule has 0 bridgehead atoms. The van der Waals surface area contributed by atoms with Gasteiger partial charge in [-0.15, -0.1) is 0 Å². The summed E-state index contributed by atoms with van der Waals surface area (Å²) in [6.45, 7) is 2.47. The minimum atomic E-state index is -4.20. The van der Waals surface area contributed by atoms with Crippen LogP contribution in [-0.4, -0.2) is 59.6 Å². The normalized spacial score (nSPS) is 18.7. The molecule has 2 heterocycles. The Balaban J connectivity index is 1.90. The van der Waals surface area contributed by atoms with E-state index < -0.39 is 12.7 Å². The molecule has 23 heavy (non-hydrogen) atoms. The fourth-order valence-corrected chi connectivity index (χ4v) is 2.87. The average Bonchev–Trinajstić information content (AvgIpc) is 2.93. The highest BCUT2D eigenvalue weighted by atomic mass is 35.5. The lowest BCUT2D eigenvalue weighted by molar-refractivity contribution is -0.146. The van der Waals surface area contributed by atoms with Gasteiger partial charge in [0.1, 0.15) is 5.69 Å². The number of amides is 1. The first-order valence-corrected chi connectivity index (χ1v) is 7.86. The van der Waals surface area contributed by atoms with Gasteiger partial charge in [0.2, 0.25) is 0 Å². The maximum atomic E-state index is 12.5. The van der Waals surface area contributed by atoms with Crippen LogP contribution in [0.4, 0.5) is 13.2 Å². The van der Waals surface area contributed by atoms with Crippen molar-refractivity contribution in [3.05, 3.63) is 29.0 Å². The highest BCUT2D eigenvalue weighted by Crippen LogP contribution is 2.22. The third-order valence-corrected chi connectivity index (χ3v) is 4.11. The molecular weight excluding hydrogens is 331 g/mol. The first kappa shape index (κ1) is 18.0. The van der Waals surface area contributed by atoms with Gasteiger partial charge in [-0.3, -0.25) is 9.69 Å². The molecule has 1 fully saturated rings. The summed E-state index contributed by atoms with van der Waals surface area (Å²) in [6, 6.07) is 3.15. The number of carbonyl (C=O) groups is 1. The smallest absolute Gasteiger partial charge is 0.337 e. The number of halogens is 4. The zero-order valence-corrected chi connectivity index (χ0v) is 13.6. The number of aromatic nitrogens is 1. The van der Waals surface area contributed by atoms with Crippen molar-refractivity contribution in [2.24, 2.45) is 5.92 Å². The molecule has 1 amide bonds. The van der Waals surface area contributed by atoms with E-state index in [-0.39, 0.29) is 11.8 Å². The maximum Gasteiger partial charge on any atom is 0.401 e. The van der Waals surface area contributed by atoms with Gasteiger partial charge in [0, 0.05) is 25.8 Å². The predicted octanol–water partition coefficient (Wildman–Crippen LogP) is 3.08. The minimum Gasteiger partial charge on any atom is -0.337 e. The lowest BCUT2D eigenvalue weighted by Gasteiger charge is -2.25. The summed E-state index contributed by atoms with van der Waals surface area (Å²) in [5.41, 5.74) is 0.303. The molecule has 0 aromatic carbocycles. The monoisotopic (exact) mass is 349 g/mol. The second-order valence-electron chi connectivity index (χ2n) is 5.71.